The van der Waals surface area contributed by atoms with Gasteiger partial charge in [-0.05, 0) is 12.1 Å². The average Bonchev–Trinajstić information content (AvgIpc) is 2.74. The predicted octanol–water partition coefficient (Wildman–Crippen LogP) is 1.45. The fourth-order valence-corrected chi connectivity index (χ4v) is 1.38. The number of terminal acetylenes is 1. The van der Waals surface area contributed by atoms with Crippen molar-refractivity contribution in [1.29, 1.82) is 5.26 Å². The molecule has 0 spiro atoms. The molecule has 0 radical (unpaired) electrons. The second-order valence-electron chi connectivity index (χ2n) is 3.12. The third-order valence-corrected chi connectivity index (χ3v) is 2.11. The van der Waals surface area contributed by atoms with Crippen molar-refractivity contribution in [3.63, 3.8) is 0 Å². The number of nitrogens with zero attached hydrogens (tertiary/aromatic N) is 4. The van der Waals surface area contributed by atoms with Gasteiger partial charge >= 0.3 is 0 Å². The molecule has 2 aromatic rings. The molecule has 4 nitrogen and oxygen atoms in total. The molecule has 0 unspecified atom stereocenters. The van der Waals surface area contributed by atoms with Gasteiger partial charge in [0.05, 0.1) is 5.69 Å². The van der Waals surface area contributed by atoms with E-state index in [1.165, 1.54) is 4.68 Å². The van der Waals surface area contributed by atoms with Crippen molar-refractivity contribution in [2.75, 3.05) is 0 Å². The van der Waals surface area contributed by atoms with Gasteiger partial charge in [0, 0.05) is 24.0 Å². The highest BCUT2D eigenvalue weighted by atomic mass is 15.3. The van der Waals surface area contributed by atoms with E-state index < -0.39 is 0 Å². The summed E-state index contributed by atoms with van der Waals surface area (Å²) >= 11 is 0. The summed E-state index contributed by atoms with van der Waals surface area (Å²) in [4.78, 5) is 3.92. The number of hydrogen-bond donors (Lipinski definition) is 0. The van der Waals surface area contributed by atoms with E-state index in [4.69, 9.17) is 11.7 Å². The van der Waals surface area contributed by atoms with Crippen molar-refractivity contribution in [3.8, 4) is 29.7 Å². The van der Waals surface area contributed by atoms with Crippen LogP contribution in [0.15, 0.2) is 30.6 Å². The van der Waals surface area contributed by atoms with Gasteiger partial charge in [-0.2, -0.15) is 10.4 Å². The van der Waals surface area contributed by atoms with Gasteiger partial charge in [0.2, 0.25) is 0 Å². The van der Waals surface area contributed by atoms with E-state index in [2.05, 4.69) is 22.1 Å². The summed E-state index contributed by atoms with van der Waals surface area (Å²) in [5.41, 5.74) is 2.11. The Morgan fingerprint density at radius 1 is 1.38 bits per heavy atom. The van der Waals surface area contributed by atoms with Crippen molar-refractivity contribution in [2.45, 2.75) is 6.54 Å². The molecular formula is C12H8N4. The Kier molecular flexibility index (Phi) is 2.67. The number of rotatable bonds is 2. The molecule has 0 aliphatic rings. The van der Waals surface area contributed by atoms with Crippen molar-refractivity contribution in [1.82, 2.24) is 14.8 Å². The first-order valence-electron chi connectivity index (χ1n) is 4.67. The van der Waals surface area contributed by atoms with E-state index in [0.717, 1.165) is 11.3 Å². The van der Waals surface area contributed by atoms with Crippen molar-refractivity contribution in [2.24, 2.45) is 0 Å². The molecule has 0 amide bonds. The zero-order valence-corrected chi connectivity index (χ0v) is 8.46. The molecule has 0 fully saturated rings. The second-order valence-corrected chi connectivity index (χ2v) is 3.12. The standard InChI is InChI=1S/C12H8N4/c1-2-7-16-11(9-13)8-12(15-16)10-3-5-14-6-4-10/h1,3-6,8H,7H2. The molecule has 0 atom stereocenters. The van der Waals surface area contributed by atoms with Crippen LogP contribution in [0.3, 0.4) is 0 Å². The highest BCUT2D eigenvalue weighted by molar-refractivity contribution is 5.59. The van der Waals surface area contributed by atoms with E-state index >= 15 is 0 Å². The Morgan fingerprint density at radius 2 is 2.12 bits per heavy atom. The lowest BCUT2D eigenvalue weighted by Crippen LogP contribution is -2.00. The van der Waals surface area contributed by atoms with E-state index in [-0.39, 0.29) is 0 Å². The Hall–Kier alpha value is -2.59. The highest BCUT2D eigenvalue weighted by Gasteiger charge is 2.07. The van der Waals surface area contributed by atoms with Gasteiger partial charge in [0.15, 0.2) is 0 Å². The van der Waals surface area contributed by atoms with E-state index in [9.17, 15) is 0 Å². The topological polar surface area (TPSA) is 54.5 Å². The van der Waals surface area contributed by atoms with Gasteiger partial charge in [0.25, 0.3) is 0 Å². The summed E-state index contributed by atoms with van der Waals surface area (Å²) in [7, 11) is 0. The normalized spacial score (nSPS) is 9.38. The lowest BCUT2D eigenvalue weighted by molar-refractivity contribution is 0.708. The largest absolute Gasteiger partial charge is 0.265 e. The van der Waals surface area contributed by atoms with Crippen LogP contribution in [0.5, 0.6) is 0 Å². The molecule has 4 heteroatoms. The maximum absolute atomic E-state index is 8.91. The van der Waals surface area contributed by atoms with E-state index in [0.29, 0.717) is 12.2 Å². The van der Waals surface area contributed by atoms with Crippen LogP contribution in [0.25, 0.3) is 11.3 Å². The van der Waals surface area contributed by atoms with Gasteiger partial charge in [-0.15, -0.1) is 6.42 Å². The van der Waals surface area contributed by atoms with Crippen molar-refractivity contribution < 1.29 is 0 Å². The van der Waals surface area contributed by atoms with Gasteiger partial charge in [-0.1, -0.05) is 5.92 Å². The van der Waals surface area contributed by atoms with Crippen LogP contribution in [0.1, 0.15) is 5.69 Å². The zero-order valence-electron chi connectivity index (χ0n) is 8.46. The molecule has 2 rings (SSSR count). The molecule has 16 heavy (non-hydrogen) atoms. The summed E-state index contributed by atoms with van der Waals surface area (Å²) in [5, 5.41) is 13.2. The van der Waals surface area contributed by atoms with Crippen LogP contribution in [0, 0.1) is 23.7 Å². The Morgan fingerprint density at radius 3 is 2.75 bits per heavy atom. The quantitative estimate of drug-likeness (QED) is 0.702. The Bertz CT molecular complexity index is 569. The fourth-order valence-electron chi connectivity index (χ4n) is 1.38. The van der Waals surface area contributed by atoms with Gasteiger partial charge in [-0.3, -0.25) is 4.98 Å². The minimum Gasteiger partial charge on any atom is -0.265 e. The molecule has 0 saturated carbocycles. The second kappa shape index (κ2) is 4.29. The monoisotopic (exact) mass is 208 g/mol. The SMILES string of the molecule is C#CCn1nc(-c2ccncc2)cc1C#N. The van der Waals surface area contributed by atoms with Crippen LogP contribution in [-0.4, -0.2) is 14.8 Å². The molecule has 76 valence electrons. The van der Waals surface area contributed by atoms with Crippen LogP contribution < -0.4 is 0 Å². The third-order valence-electron chi connectivity index (χ3n) is 2.11. The summed E-state index contributed by atoms with van der Waals surface area (Å²) in [6, 6.07) is 7.45. The van der Waals surface area contributed by atoms with Crippen LogP contribution in [0.4, 0.5) is 0 Å². The number of pyridine rings is 1. The highest BCUT2D eigenvalue weighted by Crippen LogP contribution is 2.17. The maximum atomic E-state index is 8.91. The average molecular weight is 208 g/mol. The molecule has 0 N–H and O–H groups in total. The third kappa shape index (κ3) is 1.77. The molecule has 0 aliphatic heterocycles. The lowest BCUT2D eigenvalue weighted by atomic mass is 10.2. The summed E-state index contributed by atoms with van der Waals surface area (Å²) in [6.07, 6.45) is 8.57. The number of nitriles is 1. The number of aromatic nitrogens is 3. The number of hydrogen-bond acceptors (Lipinski definition) is 3. The van der Waals surface area contributed by atoms with Gasteiger partial charge in [-0.25, -0.2) is 4.68 Å². The van der Waals surface area contributed by atoms with Crippen LogP contribution in [0.2, 0.25) is 0 Å². The van der Waals surface area contributed by atoms with Crippen molar-refractivity contribution in [3.05, 3.63) is 36.3 Å². The van der Waals surface area contributed by atoms with Gasteiger partial charge < -0.3 is 0 Å². The van der Waals surface area contributed by atoms with Crippen LogP contribution in [-0.2, 0) is 6.54 Å². The first-order valence-corrected chi connectivity index (χ1v) is 4.67. The minimum absolute atomic E-state index is 0.300. The molecular weight excluding hydrogens is 200 g/mol. The molecule has 2 aromatic heterocycles. The first kappa shape index (κ1) is 9.95. The molecule has 0 bridgehead atoms. The van der Waals surface area contributed by atoms with Gasteiger partial charge in [0.1, 0.15) is 18.3 Å². The first-order chi connectivity index (χ1) is 7.85. The lowest BCUT2D eigenvalue weighted by Gasteiger charge is -1.95. The summed E-state index contributed by atoms with van der Waals surface area (Å²) in [5.74, 6) is 2.46. The molecule has 0 saturated heterocycles. The fraction of sp³-hybridized carbons (Fsp3) is 0.0833. The molecule has 0 aliphatic carbocycles. The summed E-state index contributed by atoms with van der Waals surface area (Å²) < 4.78 is 1.51. The van der Waals surface area contributed by atoms with E-state index in [1.807, 2.05) is 12.1 Å². The zero-order chi connectivity index (χ0) is 11.4. The molecule has 2 heterocycles. The van der Waals surface area contributed by atoms with Crippen LogP contribution >= 0.6 is 0 Å². The maximum Gasteiger partial charge on any atom is 0.140 e. The van der Waals surface area contributed by atoms with E-state index in [1.54, 1.807) is 18.5 Å². The minimum atomic E-state index is 0.300. The Balaban J connectivity index is 2.46. The Labute approximate surface area is 93.2 Å². The summed E-state index contributed by atoms with van der Waals surface area (Å²) in [6.45, 7) is 0.300. The smallest absolute Gasteiger partial charge is 0.140 e. The van der Waals surface area contributed by atoms with Crippen molar-refractivity contribution >= 4 is 0 Å². The predicted molar refractivity (Wildman–Crippen MR) is 59.0 cm³/mol. The molecule has 0 aromatic carbocycles.